The van der Waals surface area contributed by atoms with Crippen molar-refractivity contribution < 1.29 is 9.53 Å². The number of fused-ring (bicyclic) bond motifs is 1. The monoisotopic (exact) mass is 432 g/mol. The summed E-state index contributed by atoms with van der Waals surface area (Å²) in [6, 6.07) is 5.37. The van der Waals surface area contributed by atoms with Crippen LogP contribution in [-0.4, -0.2) is 51.3 Å². The molecule has 0 bridgehead atoms. The van der Waals surface area contributed by atoms with E-state index in [2.05, 4.69) is 10.3 Å². The predicted octanol–water partition coefficient (Wildman–Crippen LogP) is 3.00. The van der Waals surface area contributed by atoms with Crippen molar-refractivity contribution in [2.24, 2.45) is 5.92 Å². The molecule has 0 aliphatic carbocycles. The molecule has 1 N–H and O–H groups in total. The Bertz CT molecular complexity index is 1020. The molecular weight excluding hydrogens is 408 g/mol. The van der Waals surface area contributed by atoms with E-state index in [1.807, 2.05) is 19.9 Å². The van der Waals surface area contributed by atoms with E-state index < -0.39 is 0 Å². The molecule has 154 valence electrons. The highest BCUT2D eigenvalue weighted by molar-refractivity contribution is 8.26. The molecule has 0 saturated carbocycles. The van der Waals surface area contributed by atoms with Gasteiger partial charge in [-0.05, 0) is 30.5 Å². The summed E-state index contributed by atoms with van der Waals surface area (Å²) < 4.78 is 7.06. The average molecular weight is 433 g/mol. The van der Waals surface area contributed by atoms with Gasteiger partial charge in [-0.2, -0.15) is 0 Å². The predicted molar refractivity (Wildman–Crippen MR) is 121 cm³/mol. The number of nitrogens with one attached hydrogen (secondary N) is 1. The van der Waals surface area contributed by atoms with Gasteiger partial charge in [-0.1, -0.05) is 43.9 Å². The molecule has 1 aliphatic rings. The maximum atomic E-state index is 13.1. The van der Waals surface area contributed by atoms with E-state index in [9.17, 15) is 9.59 Å². The second kappa shape index (κ2) is 9.51. The summed E-state index contributed by atoms with van der Waals surface area (Å²) in [7, 11) is 1.64. The first-order valence-corrected chi connectivity index (χ1v) is 10.6. The van der Waals surface area contributed by atoms with Crippen molar-refractivity contribution in [2.45, 2.75) is 20.3 Å². The summed E-state index contributed by atoms with van der Waals surface area (Å²) in [5.74, 6) is 0.575. The van der Waals surface area contributed by atoms with Gasteiger partial charge in [0, 0.05) is 33.0 Å². The Morgan fingerprint density at radius 1 is 1.34 bits per heavy atom. The van der Waals surface area contributed by atoms with Gasteiger partial charge < -0.3 is 10.1 Å². The number of hydrogen-bond donors (Lipinski definition) is 1. The number of aromatic nitrogens is 2. The van der Waals surface area contributed by atoms with Crippen molar-refractivity contribution in [3.63, 3.8) is 0 Å². The molecule has 7 nitrogen and oxygen atoms in total. The number of thioether (sulfide) groups is 1. The Hall–Kier alpha value is -2.23. The fourth-order valence-corrected chi connectivity index (χ4v) is 4.20. The molecule has 1 saturated heterocycles. The lowest BCUT2D eigenvalue weighted by molar-refractivity contribution is -0.122. The first-order chi connectivity index (χ1) is 13.9. The fourth-order valence-electron chi connectivity index (χ4n) is 2.94. The van der Waals surface area contributed by atoms with Crippen LogP contribution in [0.3, 0.4) is 0 Å². The van der Waals surface area contributed by atoms with Gasteiger partial charge in [0.05, 0.1) is 10.5 Å². The summed E-state index contributed by atoms with van der Waals surface area (Å²) in [5.41, 5.74) is 0.645. The van der Waals surface area contributed by atoms with E-state index in [1.165, 1.54) is 16.2 Å². The number of nitrogens with zero attached hydrogens (tertiary/aromatic N) is 3. The minimum atomic E-state index is -0.237. The summed E-state index contributed by atoms with van der Waals surface area (Å²) in [6.45, 7) is 5.81. The SMILES string of the molecule is COCCCNc1nc2ccccn2c(=O)c1C=C1SC(=S)N(CC(C)C)C1=O. The molecule has 0 atom stereocenters. The lowest BCUT2D eigenvalue weighted by Crippen LogP contribution is -2.31. The molecule has 2 aromatic heterocycles. The van der Waals surface area contributed by atoms with Gasteiger partial charge in [0.1, 0.15) is 15.8 Å². The number of thiocarbonyl (C=S) groups is 1. The minimum Gasteiger partial charge on any atom is -0.385 e. The van der Waals surface area contributed by atoms with Crippen molar-refractivity contribution >= 4 is 51.7 Å². The standard InChI is InChI=1S/C20H24N4O3S2/c1-13(2)12-24-19(26)15(29-20(24)28)11-14-17(21-8-6-10-27-3)22-16-7-4-5-9-23(16)18(14)25/h4-5,7,9,11,13,21H,6,8,10,12H2,1-3H3. The second-order valence-electron chi connectivity index (χ2n) is 7.07. The smallest absolute Gasteiger partial charge is 0.267 e. The normalized spacial score (nSPS) is 15.9. The molecule has 9 heteroatoms. The third kappa shape index (κ3) is 4.85. The number of amides is 1. The van der Waals surface area contributed by atoms with Crippen LogP contribution in [0.25, 0.3) is 11.7 Å². The molecular formula is C20H24N4O3S2. The van der Waals surface area contributed by atoms with E-state index in [0.717, 1.165) is 6.42 Å². The number of carbonyl (C=O) groups excluding carboxylic acids is 1. The number of ether oxygens (including phenoxy) is 1. The van der Waals surface area contributed by atoms with Crippen LogP contribution in [-0.2, 0) is 9.53 Å². The van der Waals surface area contributed by atoms with Gasteiger partial charge in [0.15, 0.2) is 0 Å². The molecule has 0 radical (unpaired) electrons. The fraction of sp³-hybridized carbons (Fsp3) is 0.400. The Morgan fingerprint density at radius 3 is 2.86 bits per heavy atom. The van der Waals surface area contributed by atoms with E-state index in [0.29, 0.717) is 51.9 Å². The highest BCUT2D eigenvalue weighted by Crippen LogP contribution is 2.33. The van der Waals surface area contributed by atoms with E-state index in [1.54, 1.807) is 36.4 Å². The highest BCUT2D eigenvalue weighted by Gasteiger charge is 2.32. The minimum absolute atomic E-state index is 0.170. The number of hydrogen-bond acceptors (Lipinski definition) is 7. The van der Waals surface area contributed by atoms with Gasteiger partial charge in [0.2, 0.25) is 0 Å². The Balaban J connectivity index is 2.01. The van der Waals surface area contributed by atoms with E-state index in [4.69, 9.17) is 17.0 Å². The zero-order valence-corrected chi connectivity index (χ0v) is 18.3. The molecule has 0 aromatic carbocycles. The van der Waals surface area contributed by atoms with Crippen molar-refractivity contribution in [1.29, 1.82) is 0 Å². The first-order valence-electron chi connectivity index (χ1n) is 9.42. The van der Waals surface area contributed by atoms with Crippen LogP contribution >= 0.6 is 24.0 Å². The van der Waals surface area contributed by atoms with Crippen molar-refractivity contribution in [3.05, 3.63) is 45.2 Å². The van der Waals surface area contributed by atoms with Gasteiger partial charge in [0.25, 0.3) is 11.5 Å². The quantitative estimate of drug-likeness (QED) is 0.390. The lowest BCUT2D eigenvalue weighted by atomic mass is 10.2. The lowest BCUT2D eigenvalue weighted by Gasteiger charge is -2.16. The van der Waals surface area contributed by atoms with Crippen molar-refractivity contribution in [2.75, 3.05) is 32.1 Å². The summed E-state index contributed by atoms with van der Waals surface area (Å²) in [4.78, 5) is 32.6. The van der Waals surface area contributed by atoms with Crippen molar-refractivity contribution in [3.8, 4) is 0 Å². The summed E-state index contributed by atoms with van der Waals surface area (Å²) in [5, 5.41) is 3.21. The maximum Gasteiger partial charge on any atom is 0.267 e. The van der Waals surface area contributed by atoms with Crippen LogP contribution < -0.4 is 10.9 Å². The average Bonchev–Trinajstić information content (AvgIpc) is 2.95. The van der Waals surface area contributed by atoms with Crippen LogP contribution in [0.2, 0.25) is 0 Å². The van der Waals surface area contributed by atoms with Gasteiger partial charge in [-0.3, -0.25) is 18.9 Å². The van der Waals surface area contributed by atoms with Crippen LogP contribution in [0.4, 0.5) is 5.82 Å². The molecule has 0 unspecified atom stereocenters. The number of methoxy groups -OCH3 is 1. The van der Waals surface area contributed by atoms with Gasteiger partial charge in [-0.25, -0.2) is 4.98 Å². The largest absolute Gasteiger partial charge is 0.385 e. The van der Waals surface area contributed by atoms with E-state index >= 15 is 0 Å². The molecule has 3 rings (SSSR count). The molecule has 1 amide bonds. The summed E-state index contributed by atoms with van der Waals surface area (Å²) >= 11 is 6.59. The van der Waals surface area contributed by atoms with Crippen LogP contribution in [0.1, 0.15) is 25.8 Å². The number of anilines is 1. The molecule has 3 heterocycles. The number of rotatable bonds is 8. The third-order valence-electron chi connectivity index (χ3n) is 4.28. The van der Waals surface area contributed by atoms with E-state index in [-0.39, 0.29) is 11.5 Å². The topological polar surface area (TPSA) is 75.9 Å². The third-order valence-corrected chi connectivity index (χ3v) is 5.66. The number of pyridine rings is 1. The van der Waals surface area contributed by atoms with Gasteiger partial charge in [-0.15, -0.1) is 0 Å². The molecule has 2 aromatic rings. The zero-order chi connectivity index (χ0) is 21.0. The van der Waals surface area contributed by atoms with Crippen molar-refractivity contribution in [1.82, 2.24) is 14.3 Å². The van der Waals surface area contributed by atoms with Crippen LogP contribution in [0.15, 0.2) is 34.1 Å². The molecule has 1 aliphatic heterocycles. The highest BCUT2D eigenvalue weighted by atomic mass is 32.2. The van der Waals surface area contributed by atoms with Crippen LogP contribution in [0, 0.1) is 5.92 Å². The molecule has 0 spiro atoms. The maximum absolute atomic E-state index is 13.1. The molecule has 1 fully saturated rings. The Kier molecular flexibility index (Phi) is 7.05. The Morgan fingerprint density at radius 2 is 2.14 bits per heavy atom. The summed E-state index contributed by atoms with van der Waals surface area (Å²) in [6.07, 6.45) is 4.04. The van der Waals surface area contributed by atoms with Crippen LogP contribution in [0.5, 0.6) is 0 Å². The Labute approximate surface area is 179 Å². The zero-order valence-electron chi connectivity index (χ0n) is 16.7. The van der Waals surface area contributed by atoms with Gasteiger partial charge >= 0.3 is 0 Å². The molecule has 29 heavy (non-hydrogen) atoms. The second-order valence-corrected chi connectivity index (χ2v) is 8.74. The first kappa shape index (κ1) is 21.5. The number of carbonyl (C=O) groups is 1.